The van der Waals surface area contributed by atoms with E-state index in [2.05, 4.69) is 23.3 Å². The highest BCUT2D eigenvalue weighted by Crippen LogP contribution is 2.44. The Bertz CT molecular complexity index is 827. The van der Waals surface area contributed by atoms with E-state index in [0.29, 0.717) is 0 Å². The number of nitrogens with zero attached hydrogens (tertiary/aromatic N) is 2. The number of urea groups is 1. The molecule has 2 N–H and O–H groups in total. The minimum Gasteiger partial charge on any atom is -0.350 e. The fourth-order valence-electron chi connectivity index (χ4n) is 3.92. The average molecular weight is 331 g/mol. The molecule has 2 aromatic rings. The van der Waals surface area contributed by atoms with Gasteiger partial charge in [-0.3, -0.25) is 0 Å². The Morgan fingerprint density at radius 3 is 2.44 bits per heavy atom. The van der Waals surface area contributed by atoms with Crippen molar-refractivity contribution >= 4 is 17.8 Å². The number of amides is 2. The third kappa shape index (κ3) is 2.95. The van der Waals surface area contributed by atoms with Crippen LogP contribution in [0.5, 0.6) is 0 Å². The summed E-state index contributed by atoms with van der Waals surface area (Å²) >= 11 is 0. The van der Waals surface area contributed by atoms with Crippen LogP contribution < -0.4 is 5.73 Å². The highest BCUT2D eigenvalue weighted by molar-refractivity contribution is 6.08. The van der Waals surface area contributed by atoms with Gasteiger partial charge in [0, 0.05) is 5.92 Å². The van der Waals surface area contributed by atoms with Gasteiger partial charge in [0.05, 0.1) is 11.8 Å². The average Bonchev–Trinajstić information content (AvgIpc) is 3.04. The van der Waals surface area contributed by atoms with Gasteiger partial charge in [-0.25, -0.2) is 9.80 Å². The van der Waals surface area contributed by atoms with Gasteiger partial charge in [-0.15, -0.1) is 0 Å². The quantitative estimate of drug-likeness (QED) is 0.873. The van der Waals surface area contributed by atoms with E-state index in [0.717, 1.165) is 36.1 Å². The minimum absolute atomic E-state index is 0.104. The summed E-state index contributed by atoms with van der Waals surface area (Å²) in [6.45, 7) is 0. The summed E-state index contributed by atoms with van der Waals surface area (Å²) in [5.41, 5.74) is 10.1. The van der Waals surface area contributed by atoms with E-state index in [1.807, 2.05) is 48.5 Å². The normalized spacial score (nSPS) is 24.1. The summed E-state index contributed by atoms with van der Waals surface area (Å²) in [7, 11) is 0. The Hall–Kier alpha value is -2.88. The number of hydrazone groups is 1. The molecule has 1 aliphatic carbocycles. The summed E-state index contributed by atoms with van der Waals surface area (Å²) in [5, 5.41) is 6.12. The van der Waals surface area contributed by atoms with Crippen LogP contribution in [0.25, 0.3) is 6.08 Å². The van der Waals surface area contributed by atoms with Gasteiger partial charge in [0.2, 0.25) is 0 Å². The molecular formula is C21H21N3O. The highest BCUT2D eigenvalue weighted by atomic mass is 16.2. The van der Waals surface area contributed by atoms with Crippen LogP contribution in [0, 0.1) is 5.92 Å². The number of hydrogen-bond donors (Lipinski definition) is 1. The van der Waals surface area contributed by atoms with Crippen LogP contribution in [0.1, 0.15) is 36.4 Å². The summed E-state index contributed by atoms with van der Waals surface area (Å²) in [6.07, 6.45) is 5.29. The predicted octanol–water partition coefficient (Wildman–Crippen LogP) is 4.36. The Morgan fingerprint density at radius 1 is 1.08 bits per heavy atom. The van der Waals surface area contributed by atoms with Gasteiger partial charge in [-0.2, -0.15) is 5.10 Å². The zero-order valence-corrected chi connectivity index (χ0v) is 14.0. The van der Waals surface area contributed by atoms with E-state index in [4.69, 9.17) is 5.73 Å². The van der Waals surface area contributed by atoms with Crippen LogP contribution in [0.4, 0.5) is 4.79 Å². The van der Waals surface area contributed by atoms with Gasteiger partial charge in [0.15, 0.2) is 0 Å². The molecule has 0 spiro atoms. The Balaban J connectivity index is 1.74. The van der Waals surface area contributed by atoms with Gasteiger partial charge in [0.25, 0.3) is 0 Å². The lowest BCUT2D eigenvalue weighted by molar-refractivity contribution is 0.184. The van der Waals surface area contributed by atoms with E-state index in [1.54, 1.807) is 0 Å². The first-order valence-electron chi connectivity index (χ1n) is 8.72. The zero-order valence-electron chi connectivity index (χ0n) is 14.0. The molecule has 4 nitrogen and oxygen atoms in total. The van der Waals surface area contributed by atoms with Gasteiger partial charge in [0.1, 0.15) is 0 Å². The summed E-state index contributed by atoms with van der Waals surface area (Å²) in [5.74, 6) is 0.207. The van der Waals surface area contributed by atoms with Crippen molar-refractivity contribution in [3.05, 3.63) is 77.4 Å². The molecule has 0 aromatic heterocycles. The van der Waals surface area contributed by atoms with E-state index < -0.39 is 6.03 Å². The molecule has 126 valence electrons. The molecule has 1 aliphatic heterocycles. The molecule has 0 radical (unpaired) electrons. The Kier molecular flexibility index (Phi) is 4.10. The summed E-state index contributed by atoms with van der Waals surface area (Å²) in [4.78, 5) is 12.0. The second kappa shape index (κ2) is 6.55. The number of rotatable bonds is 2. The second-order valence-corrected chi connectivity index (χ2v) is 6.60. The second-order valence-electron chi connectivity index (χ2n) is 6.60. The molecule has 0 saturated heterocycles. The molecule has 2 atom stereocenters. The maximum Gasteiger partial charge on any atom is 0.335 e. The van der Waals surface area contributed by atoms with Gasteiger partial charge in [-0.1, -0.05) is 60.7 Å². The fraction of sp³-hybridized carbons (Fsp3) is 0.238. The van der Waals surface area contributed by atoms with Crippen molar-refractivity contribution in [1.29, 1.82) is 0 Å². The van der Waals surface area contributed by atoms with Gasteiger partial charge in [-0.05, 0) is 42.0 Å². The highest BCUT2D eigenvalue weighted by Gasteiger charge is 2.43. The monoisotopic (exact) mass is 331 g/mol. The smallest absolute Gasteiger partial charge is 0.335 e. The van der Waals surface area contributed by atoms with Crippen LogP contribution in [-0.2, 0) is 0 Å². The molecule has 0 unspecified atom stereocenters. The number of benzene rings is 2. The number of primary amides is 1. The van der Waals surface area contributed by atoms with Crippen molar-refractivity contribution in [2.75, 3.05) is 0 Å². The SMILES string of the molecule is NC(=O)N1N=C2/C(=C/c3ccccc3)CCC[C@@H]2[C@@H]1c1ccccc1. The van der Waals surface area contributed by atoms with Crippen molar-refractivity contribution in [2.24, 2.45) is 16.8 Å². The molecule has 0 bridgehead atoms. The lowest BCUT2D eigenvalue weighted by Crippen LogP contribution is -2.35. The lowest BCUT2D eigenvalue weighted by Gasteiger charge is -2.28. The number of carbonyl (C=O) groups excluding carboxylic acids is 1. The van der Waals surface area contributed by atoms with Crippen LogP contribution in [-0.4, -0.2) is 16.8 Å². The van der Waals surface area contributed by atoms with Crippen LogP contribution in [0.2, 0.25) is 0 Å². The van der Waals surface area contributed by atoms with E-state index in [9.17, 15) is 4.79 Å². The molecule has 4 rings (SSSR count). The minimum atomic E-state index is -0.491. The number of nitrogens with two attached hydrogens (primary N) is 1. The summed E-state index contributed by atoms with van der Waals surface area (Å²) in [6, 6.07) is 19.7. The van der Waals surface area contributed by atoms with Crippen molar-refractivity contribution < 1.29 is 4.79 Å². The predicted molar refractivity (Wildman–Crippen MR) is 99.8 cm³/mol. The molecule has 4 heteroatoms. The molecule has 2 aromatic carbocycles. The van der Waals surface area contributed by atoms with Gasteiger partial charge < -0.3 is 5.73 Å². The molecule has 1 saturated carbocycles. The maximum atomic E-state index is 12.0. The maximum absolute atomic E-state index is 12.0. The first kappa shape index (κ1) is 15.6. The topological polar surface area (TPSA) is 58.7 Å². The first-order chi connectivity index (χ1) is 12.2. The number of fused-ring (bicyclic) bond motifs is 1. The van der Waals surface area contributed by atoms with Crippen molar-refractivity contribution in [2.45, 2.75) is 25.3 Å². The number of carbonyl (C=O) groups is 1. The third-order valence-corrected chi connectivity index (χ3v) is 5.01. The zero-order chi connectivity index (χ0) is 17.2. The van der Waals surface area contributed by atoms with Crippen LogP contribution in [0.3, 0.4) is 0 Å². The fourth-order valence-corrected chi connectivity index (χ4v) is 3.92. The standard InChI is InChI=1S/C21H21N3O/c22-21(25)24-20(16-10-5-2-6-11-16)18-13-7-12-17(19(18)23-24)14-15-8-3-1-4-9-15/h1-6,8-11,14,18,20H,7,12-13H2,(H2,22,25)/b17-14+/t18-,20-/m0/s1. The largest absolute Gasteiger partial charge is 0.350 e. The Labute approximate surface area is 147 Å². The van der Waals surface area contributed by atoms with E-state index >= 15 is 0 Å². The Morgan fingerprint density at radius 2 is 1.76 bits per heavy atom. The molecule has 2 aliphatic rings. The van der Waals surface area contributed by atoms with Crippen molar-refractivity contribution in [1.82, 2.24) is 5.01 Å². The third-order valence-electron chi connectivity index (χ3n) is 5.01. The molecule has 2 amide bonds. The molecular weight excluding hydrogens is 310 g/mol. The molecule has 25 heavy (non-hydrogen) atoms. The van der Waals surface area contributed by atoms with E-state index in [-0.39, 0.29) is 12.0 Å². The van der Waals surface area contributed by atoms with Crippen LogP contribution >= 0.6 is 0 Å². The molecule has 1 fully saturated rings. The van der Waals surface area contributed by atoms with E-state index in [1.165, 1.54) is 10.6 Å². The van der Waals surface area contributed by atoms with Crippen molar-refractivity contribution in [3.63, 3.8) is 0 Å². The first-order valence-corrected chi connectivity index (χ1v) is 8.72. The number of allylic oxidation sites excluding steroid dienone is 1. The van der Waals surface area contributed by atoms with Crippen molar-refractivity contribution in [3.8, 4) is 0 Å². The van der Waals surface area contributed by atoms with Crippen LogP contribution in [0.15, 0.2) is 71.3 Å². The number of hydrogen-bond acceptors (Lipinski definition) is 2. The lowest BCUT2D eigenvalue weighted by atomic mass is 9.77. The van der Waals surface area contributed by atoms with Gasteiger partial charge >= 0.3 is 6.03 Å². The summed E-state index contributed by atoms with van der Waals surface area (Å²) < 4.78 is 0. The molecule has 1 heterocycles.